The summed E-state index contributed by atoms with van der Waals surface area (Å²) in [6.45, 7) is 2.28. The Morgan fingerprint density at radius 3 is 2.62 bits per heavy atom. The van der Waals surface area contributed by atoms with E-state index in [2.05, 4.69) is 35.4 Å². The molecular formula is C19H23N3O2. The summed E-state index contributed by atoms with van der Waals surface area (Å²) in [5, 5.41) is 4.22. The number of carbonyl (C=O) groups is 1. The molecule has 0 bridgehead atoms. The third-order valence-electron chi connectivity index (χ3n) is 5.37. The number of hydrogen-bond acceptors (Lipinski definition) is 3. The lowest BCUT2D eigenvalue weighted by Crippen LogP contribution is -2.46. The van der Waals surface area contributed by atoms with Gasteiger partial charge in [0.15, 0.2) is 0 Å². The molecule has 2 saturated heterocycles. The van der Waals surface area contributed by atoms with Crippen LogP contribution in [0.4, 0.5) is 0 Å². The molecule has 126 valence electrons. The molecule has 2 aliphatic heterocycles. The van der Waals surface area contributed by atoms with E-state index in [1.165, 1.54) is 5.56 Å². The number of rotatable bonds is 2. The van der Waals surface area contributed by atoms with Gasteiger partial charge in [0.25, 0.3) is 5.91 Å². The van der Waals surface area contributed by atoms with E-state index in [-0.39, 0.29) is 11.5 Å². The van der Waals surface area contributed by atoms with Gasteiger partial charge in [-0.15, -0.1) is 0 Å². The van der Waals surface area contributed by atoms with Crippen LogP contribution in [0.15, 0.2) is 42.6 Å². The van der Waals surface area contributed by atoms with E-state index in [9.17, 15) is 4.79 Å². The van der Waals surface area contributed by atoms with E-state index in [4.69, 9.17) is 4.74 Å². The molecule has 0 saturated carbocycles. The highest BCUT2D eigenvalue weighted by molar-refractivity contribution is 5.92. The average Bonchev–Trinajstić information content (AvgIpc) is 3.23. The van der Waals surface area contributed by atoms with Crippen LogP contribution >= 0.6 is 0 Å². The second kappa shape index (κ2) is 6.06. The Morgan fingerprint density at radius 1 is 1.21 bits per heavy atom. The van der Waals surface area contributed by atoms with Crippen LogP contribution in [0.1, 0.15) is 41.2 Å². The van der Waals surface area contributed by atoms with Crippen LogP contribution in [0.3, 0.4) is 0 Å². The monoisotopic (exact) mass is 325 g/mol. The van der Waals surface area contributed by atoms with Gasteiger partial charge < -0.3 is 9.64 Å². The van der Waals surface area contributed by atoms with E-state index in [0.29, 0.717) is 11.6 Å². The first-order valence-corrected chi connectivity index (χ1v) is 8.63. The SMILES string of the molecule is Cn1ccc(C(=O)N2CCC3(CC2)CC(c2ccccc2)CO3)n1. The molecule has 1 spiro atoms. The maximum Gasteiger partial charge on any atom is 0.274 e. The summed E-state index contributed by atoms with van der Waals surface area (Å²) >= 11 is 0. The zero-order chi connectivity index (χ0) is 16.6. The van der Waals surface area contributed by atoms with E-state index in [1.807, 2.05) is 18.1 Å². The highest BCUT2D eigenvalue weighted by atomic mass is 16.5. The minimum Gasteiger partial charge on any atom is -0.374 e. The molecule has 1 aromatic carbocycles. The first-order chi connectivity index (χ1) is 11.7. The Balaban J connectivity index is 1.39. The van der Waals surface area contributed by atoms with E-state index < -0.39 is 0 Å². The molecule has 0 aliphatic carbocycles. The fourth-order valence-corrected chi connectivity index (χ4v) is 3.94. The molecular weight excluding hydrogens is 302 g/mol. The quantitative estimate of drug-likeness (QED) is 0.853. The topological polar surface area (TPSA) is 47.4 Å². The van der Waals surface area contributed by atoms with E-state index in [0.717, 1.165) is 39.0 Å². The van der Waals surface area contributed by atoms with Gasteiger partial charge in [-0.25, -0.2) is 0 Å². The lowest BCUT2D eigenvalue weighted by molar-refractivity contribution is -0.0389. The summed E-state index contributed by atoms with van der Waals surface area (Å²) in [7, 11) is 1.83. The summed E-state index contributed by atoms with van der Waals surface area (Å²) in [6, 6.07) is 12.4. The fraction of sp³-hybridized carbons (Fsp3) is 0.474. The first-order valence-electron chi connectivity index (χ1n) is 8.63. The van der Waals surface area contributed by atoms with Crippen molar-refractivity contribution in [2.24, 2.45) is 7.05 Å². The molecule has 0 radical (unpaired) electrons. The van der Waals surface area contributed by atoms with Crippen LogP contribution in [0, 0.1) is 0 Å². The van der Waals surface area contributed by atoms with Gasteiger partial charge in [0.05, 0.1) is 12.2 Å². The molecule has 2 aromatic rings. The summed E-state index contributed by atoms with van der Waals surface area (Å²) in [5.74, 6) is 0.507. The van der Waals surface area contributed by atoms with Gasteiger partial charge in [-0.2, -0.15) is 5.10 Å². The zero-order valence-electron chi connectivity index (χ0n) is 14.0. The maximum atomic E-state index is 12.5. The third kappa shape index (κ3) is 2.84. The Hall–Kier alpha value is -2.14. The lowest BCUT2D eigenvalue weighted by Gasteiger charge is -2.38. The number of aromatic nitrogens is 2. The van der Waals surface area contributed by atoms with Crippen molar-refractivity contribution in [3.8, 4) is 0 Å². The standard InChI is InChI=1S/C19H23N3O2/c1-21-10-7-17(20-21)18(23)22-11-8-19(9-12-22)13-16(14-24-19)15-5-3-2-4-6-15/h2-7,10,16H,8-9,11-14H2,1H3. The predicted octanol–water partition coefficient (Wildman–Crippen LogP) is 2.60. The second-order valence-electron chi connectivity index (χ2n) is 6.97. The number of carbonyl (C=O) groups excluding carboxylic acids is 1. The van der Waals surface area contributed by atoms with Crippen molar-refractivity contribution in [1.29, 1.82) is 0 Å². The van der Waals surface area contributed by atoms with Crippen LogP contribution in [-0.2, 0) is 11.8 Å². The normalized spacial score (nSPS) is 22.9. The Morgan fingerprint density at radius 2 is 1.96 bits per heavy atom. The van der Waals surface area contributed by atoms with Crippen molar-refractivity contribution in [3.63, 3.8) is 0 Å². The van der Waals surface area contributed by atoms with Crippen LogP contribution < -0.4 is 0 Å². The summed E-state index contributed by atoms with van der Waals surface area (Å²) in [6.07, 6.45) is 4.69. The molecule has 2 fully saturated rings. The lowest BCUT2D eigenvalue weighted by atomic mass is 9.83. The Labute approximate surface area is 142 Å². The fourth-order valence-electron chi connectivity index (χ4n) is 3.94. The van der Waals surface area contributed by atoms with Gasteiger partial charge >= 0.3 is 0 Å². The van der Waals surface area contributed by atoms with Gasteiger partial charge in [-0.1, -0.05) is 30.3 Å². The summed E-state index contributed by atoms with van der Waals surface area (Å²) in [4.78, 5) is 14.4. The predicted molar refractivity (Wildman–Crippen MR) is 90.8 cm³/mol. The molecule has 1 atom stereocenters. The van der Waals surface area contributed by atoms with Crippen molar-refractivity contribution >= 4 is 5.91 Å². The van der Waals surface area contributed by atoms with Crippen molar-refractivity contribution < 1.29 is 9.53 Å². The molecule has 1 aromatic heterocycles. The Bertz CT molecular complexity index is 717. The maximum absolute atomic E-state index is 12.5. The van der Waals surface area contributed by atoms with Crippen molar-refractivity contribution in [1.82, 2.24) is 14.7 Å². The second-order valence-corrected chi connectivity index (χ2v) is 6.97. The van der Waals surface area contributed by atoms with Crippen LogP contribution in [0.25, 0.3) is 0 Å². The number of nitrogens with zero attached hydrogens (tertiary/aromatic N) is 3. The molecule has 3 heterocycles. The molecule has 5 nitrogen and oxygen atoms in total. The number of hydrogen-bond donors (Lipinski definition) is 0. The molecule has 0 N–H and O–H groups in total. The molecule has 5 heteroatoms. The number of likely N-dealkylation sites (tertiary alicyclic amines) is 1. The highest BCUT2D eigenvalue weighted by Crippen LogP contribution is 2.42. The molecule has 24 heavy (non-hydrogen) atoms. The summed E-state index contributed by atoms with van der Waals surface area (Å²) in [5.41, 5.74) is 1.84. The van der Waals surface area contributed by atoms with Gasteiger partial charge in [-0.3, -0.25) is 9.48 Å². The molecule has 1 amide bonds. The van der Waals surface area contributed by atoms with Crippen molar-refractivity contribution in [2.75, 3.05) is 19.7 Å². The number of piperidine rings is 1. The number of benzene rings is 1. The highest BCUT2D eigenvalue weighted by Gasteiger charge is 2.43. The van der Waals surface area contributed by atoms with Crippen molar-refractivity contribution in [3.05, 3.63) is 53.9 Å². The van der Waals surface area contributed by atoms with Crippen LogP contribution in [0.5, 0.6) is 0 Å². The number of aryl methyl sites for hydroxylation is 1. The first kappa shape index (κ1) is 15.4. The molecule has 1 unspecified atom stereocenters. The van der Waals surface area contributed by atoms with Gasteiger partial charge in [-0.05, 0) is 30.9 Å². The van der Waals surface area contributed by atoms with Gasteiger partial charge in [0, 0.05) is 32.3 Å². The Kier molecular flexibility index (Phi) is 3.88. The van der Waals surface area contributed by atoms with Gasteiger partial charge in [0.2, 0.25) is 0 Å². The zero-order valence-corrected chi connectivity index (χ0v) is 14.0. The number of amides is 1. The van der Waals surface area contributed by atoms with E-state index in [1.54, 1.807) is 10.7 Å². The van der Waals surface area contributed by atoms with Crippen LogP contribution in [-0.4, -0.2) is 45.9 Å². The smallest absolute Gasteiger partial charge is 0.274 e. The van der Waals surface area contributed by atoms with E-state index >= 15 is 0 Å². The third-order valence-corrected chi connectivity index (χ3v) is 5.37. The average molecular weight is 325 g/mol. The summed E-state index contributed by atoms with van der Waals surface area (Å²) < 4.78 is 7.90. The van der Waals surface area contributed by atoms with Crippen molar-refractivity contribution in [2.45, 2.75) is 30.8 Å². The molecule has 2 aliphatic rings. The largest absolute Gasteiger partial charge is 0.374 e. The minimum absolute atomic E-state index is 0.0306. The minimum atomic E-state index is -0.0542. The van der Waals surface area contributed by atoms with Crippen LogP contribution in [0.2, 0.25) is 0 Å². The number of ether oxygens (including phenoxy) is 1. The molecule has 4 rings (SSSR count). The van der Waals surface area contributed by atoms with Gasteiger partial charge in [0.1, 0.15) is 5.69 Å².